The second-order valence-electron chi connectivity index (χ2n) is 6.69. The number of likely N-dealkylation sites (tertiary alicyclic amines) is 1. The second kappa shape index (κ2) is 8.52. The van der Waals surface area contributed by atoms with Gasteiger partial charge in [0.15, 0.2) is 0 Å². The van der Waals surface area contributed by atoms with Crippen LogP contribution in [0, 0.1) is 17.8 Å². The zero-order valence-electron chi connectivity index (χ0n) is 14.2. The van der Waals surface area contributed by atoms with E-state index in [0.717, 1.165) is 32.1 Å². The number of esters is 1. The number of nitrogens with zero attached hydrogens (tertiary/aromatic N) is 1. The monoisotopic (exact) mass is 327 g/mol. The third kappa shape index (κ3) is 4.37. The van der Waals surface area contributed by atoms with Gasteiger partial charge in [-0.1, -0.05) is 6.42 Å². The molecule has 1 aliphatic carbocycles. The Morgan fingerprint density at radius 1 is 1.22 bits per heavy atom. The van der Waals surface area contributed by atoms with E-state index < -0.39 is 12.1 Å². The van der Waals surface area contributed by atoms with Gasteiger partial charge in [-0.3, -0.25) is 4.90 Å². The van der Waals surface area contributed by atoms with Crippen molar-refractivity contribution in [2.24, 2.45) is 17.8 Å². The first-order chi connectivity index (χ1) is 11.1. The molecule has 0 radical (unpaired) electrons. The van der Waals surface area contributed by atoms with Gasteiger partial charge >= 0.3 is 12.1 Å². The molecule has 0 aromatic carbocycles. The lowest BCUT2D eigenvalue weighted by molar-refractivity contribution is -0.152. The van der Waals surface area contributed by atoms with Gasteiger partial charge in [-0.05, 0) is 56.8 Å². The van der Waals surface area contributed by atoms with Crippen molar-refractivity contribution in [3.8, 4) is 0 Å². The summed E-state index contributed by atoms with van der Waals surface area (Å²) in [6.45, 7) is 2.91. The highest BCUT2D eigenvalue weighted by Crippen LogP contribution is 2.42. The molecule has 132 valence electrons. The maximum atomic E-state index is 12.3. The van der Waals surface area contributed by atoms with Crippen LogP contribution < -0.4 is 0 Å². The number of ether oxygens (including phenoxy) is 2. The Balaban J connectivity index is 2.05. The lowest BCUT2D eigenvalue weighted by Gasteiger charge is -2.46. The third-order valence-electron chi connectivity index (χ3n) is 5.32. The zero-order valence-corrected chi connectivity index (χ0v) is 14.2. The summed E-state index contributed by atoms with van der Waals surface area (Å²) in [6, 6.07) is -0.528. The van der Waals surface area contributed by atoms with Crippen LogP contribution in [0.25, 0.3) is 0 Å². The molecule has 23 heavy (non-hydrogen) atoms. The smallest absolute Gasteiger partial charge is 0.410 e. The predicted molar refractivity (Wildman–Crippen MR) is 84.8 cm³/mol. The van der Waals surface area contributed by atoms with Crippen molar-refractivity contribution in [2.75, 3.05) is 26.9 Å². The Labute approximate surface area is 138 Å². The number of aliphatic hydroxyl groups excluding tert-OH is 1. The van der Waals surface area contributed by atoms with Crippen LogP contribution in [0.2, 0.25) is 0 Å². The molecule has 1 amide bonds. The Hall–Kier alpha value is -1.30. The van der Waals surface area contributed by atoms with Gasteiger partial charge in [0.1, 0.15) is 6.04 Å². The molecule has 0 unspecified atom stereocenters. The van der Waals surface area contributed by atoms with E-state index in [1.165, 1.54) is 7.11 Å². The normalized spacial score (nSPS) is 30.5. The molecular weight excluding hydrogens is 298 g/mol. The van der Waals surface area contributed by atoms with Crippen molar-refractivity contribution < 1.29 is 24.2 Å². The fourth-order valence-corrected chi connectivity index (χ4v) is 4.17. The maximum absolute atomic E-state index is 12.3. The largest absolute Gasteiger partial charge is 0.464 e. The van der Waals surface area contributed by atoms with Crippen LogP contribution in [0.15, 0.2) is 0 Å². The Bertz CT molecular complexity index is 414. The number of piperidine rings is 1. The number of hydrogen-bond donors (Lipinski definition) is 1. The summed E-state index contributed by atoms with van der Waals surface area (Å²) >= 11 is 0. The van der Waals surface area contributed by atoms with Gasteiger partial charge in [0, 0.05) is 13.2 Å². The van der Waals surface area contributed by atoms with Gasteiger partial charge < -0.3 is 14.6 Å². The van der Waals surface area contributed by atoms with E-state index in [-0.39, 0.29) is 12.6 Å². The van der Waals surface area contributed by atoms with E-state index in [0.29, 0.717) is 37.3 Å². The SMILES string of the molecule is CCOC(=O)[C@@H]1C[C@H]2C[C@@H](CCCO)CC[C@H]2CN1C(=O)OC. The van der Waals surface area contributed by atoms with Crippen LogP contribution in [-0.4, -0.2) is 55.0 Å². The molecule has 1 saturated carbocycles. The van der Waals surface area contributed by atoms with Gasteiger partial charge in [-0.15, -0.1) is 0 Å². The molecule has 4 atom stereocenters. The van der Waals surface area contributed by atoms with Crippen LogP contribution in [0.4, 0.5) is 4.79 Å². The summed E-state index contributed by atoms with van der Waals surface area (Å²) in [6.07, 6.45) is 5.40. The lowest BCUT2D eigenvalue weighted by atomic mass is 9.68. The molecule has 2 fully saturated rings. The molecule has 1 aliphatic heterocycles. The Morgan fingerprint density at radius 3 is 2.65 bits per heavy atom. The van der Waals surface area contributed by atoms with E-state index in [1.54, 1.807) is 11.8 Å². The van der Waals surface area contributed by atoms with E-state index in [2.05, 4.69) is 0 Å². The van der Waals surface area contributed by atoms with E-state index in [9.17, 15) is 9.59 Å². The van der Waals surface area contributed by atoms with Gasteiger partial charge in [-0.2, -0.15) is 0 Å². The number of aliphatic hydroxyl groups is 1. The maximum Gasteiger partial charge on any atom is 0.410 e. The van der Waals surface area contributed by atoms with Gasteiger partial charge in [0.25, 0.3) is 0 Å². The molecule has 0 spiro atoms. The second-order valence-corrected chi connectivity index (χ2v) is 6.69. The Kier molecular flexibility index (Phi) is 6.69. The average molecular weight is 327 g/mol. The number of fused-ring (bicyclic) bond motifs is 1. The molecule has 6 heteroatoms. The number of hydrogen-bond acceptors (Lipinski definition) is 5. The van der Waals surface area contributed by atoms with Crippen molar-refractivity contribution in [1.82, 2.24) is 4.90 Å². The third-order valence-corrected chi connectivity index (χ3v) is 5.32. The molecule has 6 nitrogen and oxygen atoms in total. The van der Waals surface area contributed by atoms with Crippen LogP contribution in [0.3, 0.4) is 0 Å². The molecule has 0 aromatic heterocycles. The van der Waals surface area contributed by atoms with Crippen molar-refractivity contribution >= 4 is 12.1 Å². The summed E-state index contributed by atoms with van der Waals surface area (Å²) in [5, 5.41) is 9.01. The first kappa shape index (κ1) is 18.0. The predicted octanol–water partition coefficient (Wildman–Crippen LogP) is 2.20. The molecule has 1 heterocycles. The topological polar surface area (TPSA) is 76.1 Å². The van der Waals surface area contributed by atoms with Gasteiger partial charge in [0.05, 0.1) is 13.7 Å². The molecule has 1 N–H and O–H groups in total. The first-order valence-corrected chi connectivity index (χ1v) is 8.72. The minimum Gasteiger partial charge on any atom is -0.464 e. The number of rotatable bonds is 5. The highest BCUT2D eigenvalue weighted by atomic mass is 16.6. The van der Waals surface area contributed by atoms with Crippen LogP contribution >= 0.6 is 0 Å². The fraction of sp³-hybridized carbons (Fsp3) is 0.882. The molecule has 1 saturated heterocycles. The van der Waals surface area contributed by atoms with Crippen LogP contribution in [0.1, 0.15) is 45.4 Å². The van der Waals surface area contributed by atoms with E-state index >= 15 is 0 Å². The molecule has 0 bridgehead atoms. The standard InChI is InChI=1S/C17H29NO5/c1-3-23-16(20)15-10-14-9-12(5-4-8-19)6-7-13(14)11-18(15)17(21)22-2/h12-15,19H,3-11H2,1-2H3/t12-,13-,14+,15-/m0/s1. The van der Waals surface area contributed by atoms with Crippen LogP contribution in [-0.2, 0) is 14.3 Å². The average Bonchev–Trinajstić information content (AvgIpc) is 2.58. The minimum atomic E-state index is -0.528. The summed E-state index contributed by atoms with van der Waals surface area (Å²) in [5.74, 6) is 1.18. The van der Waals surface area contributed by atoms with E-state index in [1.807, 2.05) is 0 Å². The summed E-state index contributed by atoms with van der Waals surface area (Å²) in [7, 11) is 1.35. The van der Waals surface area contributed by atoms with E-state index in [4.69, 9.17) is 14.6 Å². The van der Waals surface area contributed by atoms with Crippen molar-refractivity contribution in [2.45, 2.75) is 51.5 Å². The summed E-state index contributed by atoms with van der Waals surface area (Å²) < 4.78 is 10.0. The number of carbonyl (C=O) groups excluding carboxylic acids is 2. The highest BCUT2D eigenvalue weighted by Gasteiger charge is 2.44. The molecule has 2 rings (SSSR count). The van der Waals surface area contributed by atoms with Crippen molar-refractivity contribution in [3.05, 3.63) is 0 Å². The fourth-order valence-electron chi connectivity index (χ4n) is 4.17. The minimum absolute atomic E-state index is 0.242. The summed E-state index contributed by atoms with van der Waals surface area (Å²) in [5.41, 5.74) is 0. The van der Waals surface area contributed by atoms with Crippen molar-refractivity contribution in [3.63, 3.8) is 0 Å². The zero-order chi connectivity index (χ0) is 16.8. The van der Waals surface area contributed by atoms with Gasteiger partial charge in [0.2, 0.25) is 0 Å². The number of carbonyl (C=O) groups is 2. The number of amides is 1. The van der Waals surface area contributed by atoms with Gasteiger partial charge in [-0.25, -0.2) is 9.59 Å². The van der Waals surface area contributed by atoms with Crippen LogP contribution in [0.5, 0.6) is 0 Å². The van der Waals surface area contributed by atoms with Crippen molar-refractivity contribution in [1.29, 1.82) is 0 Å². The highest BCUT2D eigenvalue weighted by molar-refractivity contribution is 5.81. The quantitative estimate of drug-likeness (QED) is 0.783. The molecule has 0 aromatic rings. The summed E-state index contributed by atoms with van der Waals surface area (Å²) in [4.78, 5) is 25.8. The molecular formula is C17H29NO5. The molecule has 2 aliphatic rings. The number of methoxy groups -OCH3 is 1. The lowest BCUT2D eigenvalue weighted by Crippen LogP contribution is -2.55. The Morgan fingerprint density at radius 2 is 2.00 bits per heavy atom. The first-order valence-electron chi connectivity index (χ1n) is 8.72.